The lowest BCUT2D eigenvalue weighted by atomic mass is 10.4. The Morgan fingerprint density at radius 3 is 2.67 bits per heavy atom. The van der Waals surface area contributed by atoms with Crippen molar-refractivity contribution in [3.63, 3.8) is 0 Å². The van der Waals surface area contributed by atoms with Gasteiger partial charge in [0.25, 0.3) is 0 Å². The Hall–Kier alpha value is -0.753. The second-order valence-electron chi connectivity index (χ2n) is 3.98. The van der Waals surface area contributed by atoms with E-state index in [1.54, 1.807) is 6.08 Å². The molecule has 0 N–H and O–H groups in total. The number of hydrogen-bond acceptors (Lipinski definition) is 2. The first-order chi connectivity index (χ1) is 5.58. The van der Waals surface area contributed by atoms with Crippen molar-refractivity contribution in [1.82, 2.24) is 4.57 Å². The molecule has 0 amide bonds. The molecular formula is C9H16N2Si. The average molecular weight is 180 g/mol. The Balaban J connectivity index is 2.77. The number of rotatable bonds is 1. The second-order valence-corrected chi connectivity index (χ2v) is 8.65. The molecular weight excluding hydrogens is 164 g/mol. The van der Waals surface area contributed by atoms with Crippen molar-refractivity contribution in [1.29, 1.82) is 5.26 Å². The van der Waals surface area contributed by atoms with Crippen molar-refractivity contribution in [3.05, 3.63) is 11.8 Å². The van der Waals surface area contributed by atoms with Crippen molar-refractivity contribution < 1.29 is 0 Å². The second kappa shape index (κ2) is 3.32. The van der Waals surface area contributed by atoms with Gasteiger partial charge in [-0.2, -0.15) is 5.26 Å². The third-order valence-electron chi connectivity index (χ3n) is 2.60. The van der Waals surface area contributed by atoms with Gasteiger partial charge in [0.2, 0.25) is 0 Å². The van der Waals surface area contributed by atoms with E-state index in [4.69, 9.17) is 5.26 Å². The molecule has 2 nitrogen and oxygen atoms in total. The molecule has 66 valence electrons. The van der Waals surface area contributed by atoms with Gasteiger partial charge in [-0.1, -0.05) is 13.1 Å². The van der Waals surface area contributed by atoms with E-state index in [9.17, 15) is 0 Å². The van der Waals surface area contributed by atoms with Crippen LogP contribution >= 0.6 is 0 Å². The predicted molar refractivity (Wildman–Crippen MR) is 53.0 cm³/mol. The molecule has 0 atom stereocenters. The van der Waals surface area contributed by atoms with Crippen molar-refractivity contribution in [2.24, 2.45) is 0 Å². The van der Waals surface area contributed by atoms with Crippen molar-refractivity contribution >= 4 is 8.24 Å². The summed E-state index contributed by atoms with van der Waals surface area (Å²) in [5.41, 5.74) is 1.16. The van der Waals surface area contributed by atoms with Gasteiger partial charge in [-0.3, -0.25) is 0 Å². The molecule has 0 aliphatic carbocycles. The largest absolute Gasteiger partial charge is 0.401 e. The SMILES string of the molecule is CC(=CC#N)N1CCC[Si]1(C)C. The Labute approximate surface area is 75.6 Å². The van der Waals surface area contributed by atoms with Gasteiger partial charge in [0, 0.05) is 18.3 Å². The summed E-state index contributed by atoms with van der Waals surface area (Å²) in [5, 5.41) is 8.53. The highest BCUT2D eigenvalue weighted by atomic mass is 28.3. The van der Waals surface area contributed by atoms with Crippen LogP contribution in [0.25, 0.3) is 0 Å². The molecule has 12 heavy (non-hydrogen) atoms. The highest BCUT2D eigenvalue weighted by Crippen LogP contribution is 2.28. The van der Waals surface area contributed by atoms with Crippen LogP contribution in [0.2, 0.25) is 19.1 Å². The summed E-state index contributed by atoms with van der Waals surface area (Å²) in [6.45, 7) is 7.94. The van der Waals surface area contributed by atoms with Gasteiger partial charge in [0.1, 0.15) is 8.24 Å². The van der Waals surface area contributed by atoms with E-state index < -0.39 is 8.24 Å². The Morgan fingerprint density at radius 1 is 1.58 bits per heavy atom. The molecule has 0 aromatic heterocycles. The monoisotopic (exact) mass is 180 g/mol. The Bertz CT molecular complexity index is 237. The predicted octanol–water partition coefficient (Wildman–Crippen LogP) is 2.32. The van der Waals surface area contributed by atoms with Crippen LogP contribution in [-0.2, 0) is 0 Å². The fraction of sp³-hybridized carbons (Fsp3) is 0.667. The van der Waals surface area contributed by atoms with Gasteiger partial charge in [-0.25, -0.2) is 0 Å². The van der Waals surface area contributed by atoms with Crippen molar-refractivity contribution in [2.45, 2.75) is 32.5 Å². The van der Waals surface area contributed by atoms with E-state index >= 15 is 0 Å². The maximum Gasteiger partial charge on any atom is 0.150 e. The molecule has 0 bridgehead atoms. The number of nitriles is 1. The summed E-state index contributed by atoms with van der Waals surface area (Å²) in [6, 6.07) is 3.47. The summed E-state index contributed by atoms with van der Waals surface area (Å²) in [4.78, 5) is 0. The first kappa shape index (κ1) is 9.34. The zero-order valence-corrected chi connectivity index (χ0v) is 9.09. The standard InChI is InChI=1S/C9H16N2Si/c1-9(5-6-10)11-7-4-8-12(11,2)3/h5H,4,7-8H2,1-3H3. The molecule has 1 heterocycles. The molecule has 1 aliphatic rings. The Kier molecular flexibility index (Phi) is 2.58. The lowest BCUT2D eigenvalue weighted by molar-refractivity contribution is 0.561. The molecule has 0 aromatic carbocycles. The molecule has 0 saturated carbocycles. The Morgan fingerprint density at radius 2 is 2.25 bits per heavy atom. The van der Waals surface area contributed by atoms with Crippen LogP contribution in [0.1, 0.15) is 13.3 Å². The van der Waals surface area contributed by atoms with E-state index in [0.29, 0.717) is 0 Å². The summed E-state index contributed by atoms with van der Waals surface area (Å²) in [7, 11) is -1.16. The topological polar surface area (TPSA) is 27.0 Å². The van der Waals surface area contributed by atoms with E-state index in [-0.39, 0.29) is 0 Å². The molecule has 0 unspecified atom stereocenters. The third kappa shape index (κ3) is 1.70. The summed E-state index contributed by atoms with van der Waals surface area (Å²) in [6.07, 6.45) is 2.97. The first-order valence-corrected chi connectivity index (χ1v) is 7.57. The fourth-order valence-electron chi connectivity index (χ4n) is 1.93. The third-order valence-corrected chi connectivity index (χ3v) is 6.22. The van der Waals surface area contributed by atoms with E-state index in [1.165, 1.54) is 12.5 Å². The van der Waals surface area contributed by atoms with Crippen LogP contribution in [0, 0.1) is 11.3 Å². The molecule has 1 rings (SSSR count). The zero-order chi connectivity index (χ0) is 9.19. The normalized spacial score (nSPS) is 22.5. The number of hydrogen-bond donors (Lipinski definition) is 0. The van der Waals surface area contributed by atoms with Crippen LogP contribution < -0.4 is 0 Å². The van der Waals surface area contributed by atoms with Crippen LogP contribution in [-0.4, -0.2) is 19.3 Å². The highest BCUT2D eigenvalue weighted by molar-refractivity contribution is 6.75. The lowest BCUT2D eigenvalue weighted by Gasteiger charge is -2.32. The molecule has 1 saturated heterocycles. The lowest BCUT2D eigenvalue weighted by Crippen LogP contribution is -2.41. The molecule has 1 fully saturated rings. The van der Waals surface area contributed by atoms with Gasteiger partial charge in [0.05, 0.1) is 6.07 Å². The minimum Gasteiger partial charge on any atom is -0.401 e. The van der Waals surface area contributed by atoms with E-state index in [2.05, 4.69) is 23.7 Å². The summed E-state index contributed by atoms with van der Waals surface area (Å²) >= 11 is 0. The van der Waals surface area contributed by atoms with Crippen molar-refractivity contribution in [3.8, 4) is 6.07 Å². The van der Waals surface area contributed by atoms with Crippen LogP contribution in [0.3, 0.4) is 0 Å². The van der Waals surface area contributed by atoms with Crippen LogP contribution in [0.5, 0.6) is 0 Å². The minimum atomic E-state index is -1.16. The fourth-order valence-corrected chi connectivity index (χ4v) is 5.01. The molecule has 0 radical (unpaired) electrons. The zero-order valence-electron chi connectivity index (χ0n) is 8.09. The quantitative estimate of drug-likeness (QED) is 0.457. The van der Waals surface area contributed by atoms with E-state index in [1.807, 2.05) is 6.92 Å². The maximum absolute atomic E-state index is 8.53. The van der Waals surface area contributed by atoms with Gasteiger partial charge in [0.15, 0.2) is 0 Å². The van der Waals surface area contributed by atoms with Gasteiger partial charge in [-0.15, -0.1) is 0 Å². The molecule has 0 aromatic rings. The van der Waals surface area contributed by atoms with E-state index in [0.717, 1.165) is 12.2 Å². The van der Waals surface area contributed by atoms with Crippen LogP contribution in [0.15, 0.2) is 11.8 Å². The van der Waals surface area contributed by atoms with Gasteiger partial charge in [-0.05, 0) is 19.4 Å². The minimum absolute atomic E-state index is 1.16. The number of allylic oxidation sites excluding steroid dienone is 2. The maximum atomic E-state index is 8.53. The van der Waals surface area contributed by atoms with Crippen molar-refractivity contribution in [2.75, 3.05) is 6.54 Å². The van der Waals surface area contributed by atoms with Gasteiger partial charge < -0.3 is 4.57 Å². The smallest absolute Gasteiger partial charge is 0.150 e. The first-order valence-electron chi connectivity index (χ1n) is 4.42. The molecule has 0 spiro atoms. The summed E-state index contributed by atoms with van der Waals surface area (Å²) in [5.74, 6) is 0. The van der Waals surface area contributed by atoms with Gasteiger partial charge >= 0.3 is 0 Å². The molecule has 1 aliphatic heterocycles. The highest BCUT2D eigenvalue weighted by Gasteiger charge is 2.34. The summed E-state index contributed by atoms with van der Waals surface area (Å²) < 4.78 is 2.45. The average Bonchev–Trinajstić information content (AvgIpc) is 2.30. The number of nitrogens with zero attached hydrogens (tertiary/aromatic N) is 2. The molecule has 3 heteroatoms. The van der Waals surface area contributed by atoms with Crippen LogP contribution in [0.4, 0.5) is 0 Å².